The number of nitrogens with one attached hydrogen (secondary N) is 1. The summed E-state index contributed by atoms with van der Waals surface area (Å²) < 4.78 is 0. The van der Waals surface area contributed by atoms with Crippen LogP contribution < -0.4 is 5.32 Å². The van der Waals surface area contributed by atoms with Crippen LogP contribution in [0.5, 0.6) is 0 Å². The third-order valence-corrected chi connectivity index (χ3v) is 6.04. The molecule has 2 aliphatic rings. The van der Waals surface area contributed by atoms with Crippen LogP contribution in [-0.2, 0) is 16.0 Å². The number of hydrogen-bond acceptors (Lipinski definition) is 4. The van der Waals surface area contributed by atoms with Gasteiger partial charge in [-0.15, -0.1) is 12.4 Å². The normalized spacial score (nSPS) is 23.2. The maximum Gasteiger partial charge on any atom is 0.222 e. The molecular weight excluding hydrogens is 358 g/mol. The number of likely N-dealkylation sites (N-methyl/N-ethyl adjacent to an activating group) is 1. The molecule has 25 heavy (non-hydrogen) atoms. The van der Waals surface area contributed by atoms with Crippen molar-refractivity contribution in [2.45, 2.75) is 38.1 Å². The Bertz CT molecular complexity index is 567. The molecule has 0 unspecified atom stereocenters. The van der Waals surface area contributed by atoms with Gasteiger partial charge in [-0.25, -0.2) is 0 Å². The van der Waals surface area contributed by atoms with E-state index in [9.17, 15) is 9.59 Å². The molecule has 3 rings (SSSR count). The van der Waals surface area contributed by atoms with Crippen molar-refractivity contribution >= 4 is 35.6 Å². The molecule has 7 heteroatoms. The fourth-order valence-corrected chi connectivity index (χ4v) is 4.65. The molecule has 0 bridgehead atoms. The molecule has 140 valence electrons. The van der Waals surface area contributed by atoms with Crippen molar-refractivity contribution in [1.82, 2.24) is 15.1 Å². The number of amides is 2. The highest BCUT2D eigenvalue weighted by Gasteiger charge is 2.39. The minimum atomic E-state index is 0. The van der Waals surface area contributed by atoms with Gasteiger partial charge in [-0.3, -0.25) is 9.59 Å². The van der Waals surface area contributed by atoms with Crippen LogP contribution in [0.25, 0.3) is 0 Å². The maximum absolute atomic E-state index is 12.5. The molecule has 2 aliphatic heterocycles. The topological polar surface area (TPSA) is 52.7 Å². The lowest BCUT2D eigenvalue weighted by Gasteiger charge is -2.47. The van der Waals surface area contributed by atoms with Crippen LogP contribution in [0.1, 0.15) is 31.2 Å². The Balaban J connectivity index is 0.00000225. The smallest absolute Gasteiger partial charge is 0.222 e. The van der Waals surface area contributed by atoms with E-state index >= 15 is 0 Å². The molecule has 5 nitrogen and oxygen atoms in total. The number of aryl methyl sites for hydroxylation is 1. The van der Waals surface area contributed by atoms with E-state index in [0.717, 1.165) is 45.4 Å². The number of nitrogens with zero attached hydrogens (tertiary/aromatic N) is 2. The standard InChI is InChI=1S/C18H27N3O2S.ClH/c1-19-8-10-21-16-6-9-20(12-15(16)3-5-18(21)23)17(22)4-2-14-7-11-24-13-14;/h7,11,13,15-16,19H,2-6,8-10,12H2,1H3;1H/t15-,16+;/m0./s1. The molecule has 1 aromatic rings. The molecule has 3 heterocycles. The zero-order valence-corrected chi connectivity index (χ0v) is 16.4. The van der Waals surface area contributed by atoms with Gasteiger partial charge in [-0.05, 0) is 54.6 Å². The van der Waals surface area contributed by atoms with Gasteiger partial charge < -0.3 is 15.1 Å². The number of thiophene rings is 1. The number of carbonyl (C=O) groups excluding carboxylic acids is 2. The van der Waals surface area contributed by atoms with E-state index < -0.39 is 0 Å². The van der Waals surface area contributed by atoms with Gasteiger partial charge in [0.25, 0.3) is 0 Å². The fraction of sp³-hybridized carbons (Fsp3) is 0.667. The van der Waals surface area contributed by atoms with E-state index in [2.05, 4.69) is 27.0 Å². The zero-order chi connectivity index (χ0) is 16.9. The highest BCUT2D eigenvalue weighted by atomic mass is 35.5. The summed E-state index contributed by atoms with van der Waals surface area (Å²) in [7, 11) is 1.92. The van der Waals surface area contributed by atoms with Gasteiger partial charge in [-0.1, -0.05) is 0 Å². The molecule has 2 saturated heterocycles. The Morgan fingerprint density at radius 2 is 2.24 bits per heavy atom. The van der Waals surface area contributed by atoms with Crippen molar-refractivity contribution in [3.63, 3.8) is 0 Å². The van der Waals surface area contributed by atoms with Crippen LogP contribution >= 0.6 is 23.7 Å². The number of halogens is 1. The number of likely N-dealkylation sites (tertiary alicyclic amines) is 2. The van der Waals surface area contributed by atoms with Gasteiger partial charge in [0.05, 0.1) is 0 Å². The average Bonchev–Trinajstić information content (AvgIpc) is 3.12. The van der Waals surface area contributed by atoms with Crippen molar-refractivity contribution in [3.05, 3.63) is 22.4 Å². The van der Waals surface area contributed by atoms with E-state index in [1.165, 1.54) is 5.56 Å². The van der Waals surface area contributed by atoms with Crippen molar-refractivity contribution in [2.24, 2.45) is 5.92 Å². The Labute approximate surface area is 160 Å². The number of fused-ring (bicyclic) bond motifs is 1. The van der Waals surface area contributed by atoms with Crippen LogP contribution in [0, 0.1) is 5.92 Å². The van der Waals surface area contributed by atoms with Gasteiger partial charge in [0.2, 0.25) is 11.8 Å². The maximum atomic E-state index is 12.5. The molecule has 2 amide bonds. The van der Waals surface area contributed by atoms with E-state index in [-0.39, 0.29) is 24.2 Å². The lowest BCUT2D eigenvalue weighted by molar-refractivity contribution is -0.144. The summed E-state index contributed by atoms with van der Waals surface area (Å²) in [6, 6.07) is 2.41. The van der Waals surface area contributed by atoms with Crippen molar-refractivity contribution in [2.75, 3.05) is 33.2 Å². The fourth-order valence-electron chi connectivity index (χ4n) is 3.94. The second-order valence-corrected chi connectivity index (χ2v) is 7.60. The zero-order valence-electron chi connectivity index (χ0n) is 14.8. The van der Waals surface area contributed by atoms with Crippen LogP contribution in [-0.4, -0.2) is 60.9 Å². The van der Waals surface area contributed by atoms with Gasteiger partial charge in [0, 0.05) is 45.1 Å². The van der Waals surface area contributed by atoms with Crippen LogP contribution in [0.4, 0.5) is 0 Å². The van der Waals surface area contributed by atoms with Crippen LogP contribution in [0.15, 0.2) is 16.8 Å². The van der Waals surface area contributed by atoms with E-state index in [0.29, 0.717) is 24.8 Å². The molecular formula is C18H28ClN3O2S. The number of piperidine rings is 2. The summed E-state index contributed by atoms with van der Waals surface area (Å²) in [5, 5.41) is 7.31. The lowest BCUT2D eigenvalue weighted by Crippen LogP contribution is -2.57. The Morgan fingerprint density at radius 1 is 1.40 bits per heavy atom. The van der Waals surface area contributed by atoms with Crippen LogP contribution in [0.3, 0.4) is 0 Å². The molecule has 2 atom stereocenters. The van der Waals surface area contributed by atoms with Crippen molar-refractivity contribution < 1.29 is 9.59 Å². The second kappa shape index (κ2) is 9.55. The molecule has 1 N–H and O–H groups in total. The van der Waals surface area contributed by atoms with Crippen molar-refractivity contribution in [3.8, 4) is 0 Å². The Hall–Kier alpha value is -1.11. The van der Waals surface area contributed by atoms with E-state index in [4.69, 9.17) is 0 Å². The number of carbonyl (C=O) groups is 2. The molecule has 0 saturated carbocycles. The third kappa shape index (κ3) is 4.96. The summed E-state index contributed by atoms with van der Waals surface area (Å²) in [5.74, 6) is 0.987. The molecule has 0 spiro atoms. The third-order valence-electron chi connectivity index (χ3n) is 5.31. The summed E-state index contributed by atoms with van der Waals surface area (Å²) >= 11 is 1.68. The Kier molecular flexibility index (Phi) is 7.72. The SMILES string of the molecule is CNCCN1C(=O)CC[C@H]2CN(C(=O)CCc3ccsc3)CC[C@H]21.Cl. The lowest BCUT2D eigenvalue weighted by atomic mass is 9.83. The first kappa shape index (κ1) is 20.2. The second-order valence-electron chi connectivity index (χ2n) is 6.82. The first-order valence-corrected chi connectivity index (χ1v) is 9.86. The summed E-state index contributed by atoms with van der Waals surface area (Å²) in [4.78, 5) is 28.8. The molecule has 1 aromatic heterocycles. The monoisotopic (exact) mass is 385 g/mol. The average molecular weight is 386 g/mol. The highest BCUT2D eigenvalue weighted by molar-refractivity contribution is 7.07. The summed E-state index contributed by atoms with van der Waals surface area (Å²) in [6.45, 7) is 3.21. The number of hydrogen-bond donors (Lipinski definition) is 1. The van der Waals surface area contributed by atoms with Crippen LogP contribution in [0.2, 0.25) is 0 Å². The first-order valence-electron chi connectivity index (χ1n) is 8.92. The molecule has 2 fully saturated rings. The van der Waals surface area contributed by atoms with Gasteiger partial charge >= 0.3 is 0 Å². The predicted octanol–water partition coefficient (Wildman–Crippen LogP) is 2.16. The highest BCUT2D eigenvalue weighted by Crippen LogP contribution is 2.31. The molecule has 0 aliphatic carbocycles. The first-order chi connectivity index (χ1) is 11.7. The molecule has 0 aromatic carbocycles. The Morgan fingerprint density at radius 3 is 2.96 bits per heavy atom. The van der Waals surface area contributed by atoms with E-state index in [1.807, 2.05) is 11.9 Å². The summed E-state index contributed by atoms with van der Waals surface area (Å²) in [6.07, 6.45) is 3.90. The number of rotatable bonds is 6. The van der Waals surface area contributed by atoms with Gasteiger partial charge in [0.15, 0.2) is 0 Å². The minimum Gasteiger partial charge on any atom is -0.342 e. The van der Waals surface area contributed by atoms with Gasteiger partial charge in [0.1, 0.15) is 0 Å². The minimum absolute atomic E-state index is 0. The molecule has 0 radical (unpaired) electrons. The predicted molar refractivity (Wildman–Crippen MR) is 103 cm³/mol. The largest absolute Gasteiger partial charge is 0.342 e. The van der Waals surface area contributed by atoms with E-state index in [1.54, 1.807) is 11.3 Å². The van der Waals surface area contributed by atoms with Crippen molar-refractivity contribution in [1.29, 1.82) is 0 Å². The summed E-state index contributed by atoms with van der Waals surface area (Å²) in [5.41, 5.74) is 1.25. The van der Waals surface area contributed by atoms with Gasteiger partial charge in [-0.2, -0.15) is 11.3 Å². The quantitative estimate of drug-likeness (QED) is 0.816.